The summed E-state index contributed by atoms with van der Waals surface area (Å²) in [6.07, 6.45) is 1.65. The topological polar surface area (TPSA) is 38.9 Å². The van der Waals surface area contributed by atoms with Gasteiger partial charge in [-0.25, -0.2) is 4.39 Å². The largest absolute Gasteiger partial charge is 0.324 e. The molecule has 1 aromatic carbocycles. The van der Waals surface area contributed by atoms with Crippen molar-refractivity contribution in [1.29, 1.82) is 0 Å². The number of halogens is 1. The molecule has 3 heteroatoms. The van der Waals surface area contributed by atoms with Crippen molar-refractivity contribution in [2.45, 2.75) is 13.0 Å². The third-order valence-corrected chi connectivity index (χ3v) is 2.46. The summed E-state index contributed by atoms with van der Waals surface area (Å²) in [6, 6.07) is 10.2. The molecular weight excluding hydrogens is 203 g/mol. The van der Waals surface area contributed by atoms with Crippen LogP contribution in [0, 0.1) is 5.82 Å². The molecule has 0 aliphatic carbocycles. The number of pyridine rings is 1. The molecule has 0 radical (unpaired) electrons. The summed E-state index contributed by atoms with van der Waals surface area (Å²) in [6.45, 7) is 1.87. The molecule has 2 nitrogen and oxygen atoms in total. The zero-order valence-electron chi connectivity index (χ0n) is 9.02. The molecule has 0 fully saturated rings. The van der Waals surface area contributed by atoms with Crippen molar-refractivity contribution in [3.63, 3.8) is 0 Å². The first-order chi connectivity index (χ1) is 7.68. The van der Waals surface area contributed by atoms with Crippen LogP contribution in [0.25, 0.3) is 11.3 Å². The van der Waals surface area contributed by atoms with E-state index in [-0.39, 0.29) is 11.9 Å². The molecule has 2 N–H and O–H groups in total. The summed E-state index contributed by atoms with van der Waals surface area (Å²) in [5.41, 5.74) is 7.80. The van der Waals surface area contributed by atoms with Gasteiger partial charge in [0.05, 0.1) is 5.69 Å². The number of rotatable bonds is 2. The lowest BCUT2D eigenvalue weighted by atomic mass is 10.0. The number of aromatic nitrogens is 1. The Morgan fingerprint density at radius 1 is 1.25 bits per heavy atom. The van der Waals surface area contributed by atoms with E-state index in [0.717, 1.165) is 5.56 Å². The molecule has 1 aromatic heterocycles. The number of nitrogens with two attached hydrogens (primary N) is 1. The van der Waals surface area contributed by atoms with Gasteiger partial charge in [0.25, 0.3) is 0 Å². The minimum atomic E-state index is -0.275. The molecule has 0 saturated carbocycles. The van der Waals surface area contributed by atoms with Crippen LogP contribution in [0.3, 0.4) is 0 Å². The summed E-state index contributed by atoms with van der Waals surface area (Å²) in [7, 11) is 0. The molecule has 0 saturated heterocycles. The maximum atomic E-state index is 13.6. The minimum Gasteiger partial charge on any atom is -0.324 e. The first-order valence-electron chi connectivity index (χ1n) is 5.15. The SMILES string of the molecule is CC(N)c1ccc(F)c(-c2ccccn2)c1. The van der Waals surface area contributed by atoms with Gasteiger partial charge in [0.1, 0.15) is 5.82 Å². The average molecular weight is 216 g/mol. The van der Waals surface area contributed by atoms with Crippen molar-refractivity contribution in [2.24, 2.45) is 5.73 Å². The van der Waals surface area contributed by atoms with Crippen LogP contribution >= 0.6 is 0 Å². The zero-order valence-corrected chi connectivity index (χ0v) is 9.02. The first kappa shape index (κ1) is 10.8. The van der Waals surface area contributed by atoms with Crippen molar-refractivity contribution in [3.05, 3.63) is 54.0 Å². The summed E-state index contributed by atoms with van der Waals surface area (Å²) in [5, 5.41) is 0. The van der Waals surface area contributed by atoms with Crippen LogP contribution < -0.4 is 5.73 Å². The van der Waals surface area contributed by atoms with E-state index in [2.05, 4.69) is 4.98 Å². The van der Waals surface area contributed by atoms with Gasteiger partial charge >= 0.3 is 0 Å². The van der Waals surface area contributed by atoms with Crippen molar-refractivity contribution < 1.29 is 4.39 Å². The average Bonchev–Trinajstić information content (AvgIpc) is 2.30. The molecule has 0 aliphatic rings. The predicted octanol–water partition coefficient (Wildman–Crippen LogP) is 2.91. The maximum absolute atomic E-state index is 13.6. The highest BCUT2D eigenvalue weighted by molar-refractivity contribution is 5.60. The second kappa shape index (κ2) is 4.41. The Hall–Kier alpha value is -1.74. The van der Waals surface area contributed by atoms with Crippen LogP contribution in [-0.2, 0) is 0 Å². The third kappa shape index (κ3) is 2.09. The Labute approximate surface area is 93.9 Å². The van der Waals surface area contributed by atoms with E-state index in [9.17, 15) is 4.39 Å². The van der Waals surface area contributed by atoms with Gasteiger partial charge in [-0.15, -0.1) is 0 Å². The molecule has 1 unspecified atom stereocenters. The highest BCUT2D eigenvalue weighted by Crippen LogP contribution is 2.23. The lowest BCUT2D eigenvalue weighted by Crippen LogP contribution is -2.05. The summed E-state index contributed by atoms with van der Waals surface area (Å²) >= 11 is 0. The van der Waals surface area contributed by atoms with E-state index < -0.39 is 0 Å². The molecule has 0 spiro atoms. The van der Waals surface area contributed by atoms with E-state index in [1.165, 1.54) is 6.07 Å². The minimum absolute atomic E-state index is 0.108. The van der Waals surface area contributed by atoms with E-state index >= 15 is 0 Å². The highest BCUT2D eigenvalue weighted by Gasteiger charge is 2.08. The van der Waals surface area contributed by atoms with Crippen molar-refractivity contribution in [1.82, 2.24) is 4.98 Å². The number of benzene rings is 1. The third-order valence-electron chi connectivity index (χ3n) is 2.46. The van der Waals surface area contributed by atoms with E-state index in [4.69, 9.17) is 5.73 Å². The number of nitrogens with zero attached hydrogens (tertiary/aromatic N) is 1. The Morgan fingerprint density at radius 2 is 2.06 bits per heavy atom. The Morgan fingerprint density at radius 3 is 2.69 bits per heavy atom. The summed E-state index contributed by atoms with van der Waals surface area (Å²) < 4.78 is 13.6. The lowest BCUT2D eigenvalue weighted by Gasteiger charge is -2.08. The molecule has 0 bridgehead atoms. The van der Waals surface area contributed by atoms with Crippen LogP contribution in [0.4, 0.5) is 4.39 Å². The summed E-state index contributed by atoms with van der Waals surface area (Å²) in [5.74, 6) is -0.275. The van der Waals surface area contributed by atoms with Crippen LogP contribution in [0.15, 0.2) is 42.6 Å². The summed E-state index contributed by atoms with van der Waals surface area (Å²) in [4.78, 5) is 4.13. The maximum Gasteiger partial charge on any atom is 0.132 e. The molecule has 2 aromatic rings. The zero-order chi connectivity index (χ0) is 11.5. The molecular formula is C13H13FN2. The quantitative estimate of drug-likeness (QED) is 0.838. The van der Waals surface area contributed by atoms with Gasteiger partial charge in [0.15, 0.2) is 0 Å². The van der Waals surface area contributed by atoms with E-state index in [1.54, 1.807) is 30.5 Å². The fraction of sp³-hybridized carbons (Fsp3) is 0.154. The fourth-order valence-corrected chi connectivity index (χ4v) is 1.54. The Bertz CT molecular complexity index is 481. The van der Waals surface area contributed by atoms with Crippen molar-refractivity contribution >= 4 is 0 Å². The Kier molecular flexibility index (Phi) is 2.97. The van der Waals surface area contributed by atoms with Gasteiger partial charge in [-0.05, 0) is 36.8 Å². The van der Waals surface area contributed by atoms with Crippen LogP contribution in [0.1, 0.15) is 18.5 Å². The smallest absolute Gasteiger partial charge is 0.132 e. The van der Waals surface area contributed by atoms with Crippen molar-refractivity contribution in [2.75, 3.05) is 0 Å². The van der Waals surface area contributed by atoms with Crippen LogP contribution in [-0.4, -0.2) is 4.98 Å². The predicted molar refractivity (Wildman–Crippen MR) is 62.2 cm³/mol. The monoisotopic (exact) mass is 216 g/mol. The first-order valence-corrected chi connectivity index (χ1v) is 5.15. The molecule has 1 atom stereocenters. The van der Waals surface area contributed by atoms with Crippen molar-refractivity contribution in [3.8, 4) is 11.3 Å². The van der Waals surface area contributed by atoms with E-state index in [0.29, 0.717) is 11.3 Å². The van der Waals surface area contributed by atoms with Gasteiger partial charge < -0.3 is 5.73 Å². The molecule has 1 heterocycles. The molecule has 2 rings (SSSR count). The second-order valence-electron chi connectivity index (χ2n) is 3.74. The standard InChI is InChI=1S/C13H13FN2/c1-9(15)10-5-6-12(14)11(8-10)13-4-2-3-7-16-13/h2-9H,15H2,1H3. The molecule has 82 valence electrons. The van der Waals surface area contributed by atoms with E-state index in [1.807, 2.05) is 13.0 Å². The molecule has 16 heavy (non-hydrogen) atoms. The number of hydrogen-bond donors (Lipinski definition) is 1. The number of hydrogen-bond acceptors (Lipinski definition) is 2. The van der Waals surface area contributed by atoms with Gasteiger partial charge in [-0.2, -0.15) is 0 Å². The van der Waals surface area contributed by atoms with Crippen LogP contribution in [0.5, 0.6) is 0 Å². The second-order valence-corrected chi connectivity index (χ2v) is 3.74. The van der Waals surface area contributed by atoms with Gasteiger partial charge in [0.2, 0.25) is 0 Å². The molecule has 0 aliphatic heterocycles. The normalized spacial score (nSPS) is 12.4. The van der Waals surface area contributed by atoms with Gasteiger partial charge in [-0.3, -0.25) is 4.98 Å². The van der Waals surface area contributed by atoms with Crippen LogP contribution in [0.2, 0.25) is 0 Å². The highest BCUT2D eigenvalue weighted by atomic mass is 19.1. The molecule has 0 amide bonds. The lowest BCUT2D eigenvalue weighted by molar-refractivity contribution is 0.629. The Balaban J connectivity index is 2.52. The van der Waals surface area contributed by atoms with Gasteiger partial charge in [-0.1, -0.05) is 12.1 Å². The van der Waals surface area contributed by atoms with Gasteiger partial charge in [0, 0.05) is 17.8 Å². The fourth-order valence-electron chi connectivity index (χ4n) is 1.54.